The zero-order valence-corrected chi connectivity index (χ0v) is 12.5. The summed E-state index contributed by atoms with van der Waals surface area (Å²) in [4.78, 5) is 5.43. The summed E-state index contributed by atoms with van der Waals surface area (Å²) in [6, 6.07) is 11.2. The molecule has 0 saturated carbocycles. The number of hydrogen-bond donors (Lipinski definition) is 1. The molecule has 0 fully saturated rings. The first-order valence-corrected chi connectivity index (χ1v) is 7.70. The molecule has 1 N–H and O–H groups in total. The highest BCUT2D eigenvalue weighted by Crippen LogP contribution is 2.19. The third-order valence-corrected chi connectivity index (χ3v) is 4.09. The highest BCUT2D eigenvalue weighted by molar-refractivity contribution is 7.98. The molecule has 100 valence electrons. The second-order valence-electron chi connectivity index (χ2n) is 4.68. The molecule has 0 amide bonds. The van der Waals surface area contributed by atoms with Crippen LogP contribution in [0.1, 0.15) is 29.7 Å². The lowest BCUT2D eigenvalue weighted by Gasteiger charge is -2.15. The van der Waals surface area contributed by atoms with E-state index in [4.69, 9.17) is 0 Å². The molecule has 0 aliphatic heterocycles. The Morgan fingerprint density at radius 2 is 1.95 bits per heavy atom. The lowest BCUT2D eigenvalue weighted by atomic mass is 10.1. The minimum Gasteiger partial charge on any atom is -0.306 e. The van der Waals surface area contributed by atoms with Crippen LogP contribution in [0.4, 0.5) is 0 Å². The summed E-state index contributed by atoms with van der Waals surface area (Å²) >= 11 is 1.77. The predicted molar refractivity (Wildman–Crippen MR) is 82.5 cm³/mol. The second-order valence-corrected chi connectivity index (χ2v) is 5.56. The van der Waals surface area contributed by atoms with E-state index in [9.17, 15) is 0 Å². The van der Waals surface area contributed by atoms with E-state index >= 15 is 0 Å². The largest absolute Gasteiger partial charge is 0.306 e. The van der Waals surface area contributed by atoms with Gasteiger partial charge in [0.05, 0.1) is 0 Å². The fraction of sp³-hybridized carbons (Fsp3) is 0.312. The van der Waals surface area contributed by atoms with E-state index in [1.807, 2.05) is 12.4 Å². The Kier molecular flexibility index (Phi) is 5.00. The Hall–Kier alpha value is -1.32. The van der Waals surface area contributed by atoms with Crippen molar-refractivity contribution in [1.82, 2.24) is 10.3 Å². The Labute approximate surface area is 119 Å². The summed E-state index contributed by atoms with van der Waals surface area (Å²) in [5, 5.41) is 3.56. The Morgan fingerprint density at radius 1 is 1.21 bits per heavy atom. The maximum Gasteiger partial charge on any atom is 0.0300 e. The normalized spacial score (nSPS) is 12.4. The minimum absolute atomic E-state index is 0.350. The number of nitrogens with one attached hydrogen (secondary N) is 1. The van der Waals surface area contributed by atoms with Gasteiger partial charge in [0.15, 0.2) is 0 Å². The van der Waals surface area contributed by atoms with Crippen molar-refractivity contribution in [1.29, 1.82) is 0 Å². The Bertz CT molecular complexity index is 523. The van der Waals surface area contributed by atoms with Crippen molar-refractivity contribution < 1.29 is 0 Å². The van der Waals surface area contributed by atoms with E-state index in [0.717, 1.165) is 6.54 Å². The zero-order chi connectivity index (χ0) is 13.7. The molecule has 0 radical (unpaired) electrons. The minimum atomic E-state index is 0.350. The summed E-state index contributed by atoms with van der Waals surface area (Å²) < 4.78 is 0. The van der Waals surface area contributed by atoms with Gasteiger partial charge in [0.1, 0.15) is 0 Å². The zero-order valence-electron chi connectivity index (χ0n) is 11.7. The SMILES string of the molecule is CSc1ccc(C(C)NCc2ccncc2C)cc1. The Balaban J connectivity index is 1.97. The van der Waals surface area contributed by atoms with Gasteiger partial charge < -0.3 is 5.32 Å². The van der Waals surface area contributed by atoms with Gasteiger partial charge in [-0.3, -0.25) is 4.98 Å². The molecular weight excluding hydrogens is 252 g/mol. The Morgan fingerprint density at radius 3 is 2.58 bits per heavy atom. The first kappa shape index (κ1) is 14.1. The van der Waals surface area contributed by atoms with Gasteiger partial charge >= 0.3 is 0 Å². The topological polar surface area (TPSA) is 24.9 Å². The van der Waals surface area contributed by atoms with Crippen molar-refractivity contribution in [3.8, 4) is 0 Å². The molecule has 1 aromatic carbocycles. The van der Waals surface area contributed by atoms with Gasteiger partial charge in [0.25, 0.3) is 0 Å². The summed E-state index contributed by atoms with van der Waals surface area (Å²) in [6.07, 6.45) is 5.86. The fourth-order valence-electron chi connectivity index (χ4n) is 1.97. The van der Waals surface area contributed by atoms with Crippen LogP contribution in [-0.2, 0) is 6.54 Å². The molecule has 3 heteroatoms. The maximum atomic E-state index is 4.12. The highest BCUT2D eigenvalue weighted by atomic mass is 32.2. The van der Waals surface area contributed by atoms with Crippen LogP contribution < -0.4 is 5.32 Å². The molecule has 1 unspecified atom stereocenters. The standard InChI is InChI=1S/C16H20N2S/c1-12-10-17-9-8-15(12)11-18-13(2)14-4-6-16(19-3)7-5-14/h4-10,13,18H,11H2,1-3H3. The van der Waals surface area contributed by atoms with E-state index in [0.29, 0.717) is 6.04 Å². The van der Waals surface area contributed by atoms with Crippen molar-refractivity contribution in [2.75, 3.05) is 6.26 Å². The van der Waals surface area contributed by atoms with Crippen LogP contribution in [0.15, 0.2) is 47.6 Å². The maximum absolute atomic E-state index is 4.12. The van der Waals surface area contributed by atoms with Crippen LogP contribution in [0.25, 0.3) is 0 Å². The number of pyridine rings is 1. The summed E-state index contributed by atoms with van der Waals surface area (Å²) in [5.41, 5.74) is 3.87. The quantitative estimate of drug-likeness (QED) is 0.834. The summed E-state index contributed by atoms with van der Waals surface area (Å²) in [7, 11) is 0. The first-order valence-electron chi connectivity index (χ1n) is 6.47. The number of thioether (sulfide) groups is 1. The van der Waals surface area contributed by atoms with Crippen LogP contribution >= 0.6 is 11.8 Å². The van der Waals surface area contributed by atoms with Crippen LogP contribution in [0, 0.1) is 6.92 Å². The molecule has 0 spiro atoms. The number of rotatable bonds is 5. The van der Waals surface area contributed by atoms with Crippen LogP contribution in [-0.4, -0.2) is 11.2 Å². The average Bonchev–Trinajstić information content (AvgIpc) is 2.46. The second kappa shape index (κ2) is 6.73. The third kappa shape index (κ3) is 3.82. The molecule has 0 aliphatic carbocycles. The number of aromatic nitrogens is 1. The molecule has 0 bridgehead atoms. The molecule has 1 aromatic heterocycles. The highest BCUT2D eigenvalue weighted by Gasteiger charge is 2.05. The van der Waals surface area contributed by atoms with E-state index in [-0.39, 0.29) is 0 Å². The van der Waals surface area contributed by atoms with Crippen molar-refractivity contribution in [3.05, 3.63) is 59.4 Å². The van der Waals surface area contributed by atoms with Gasteiger partial charge in [-0.25, -0.2) is 0 Å². The number of benzene rings is 1. The smallest absolute Gasteiger partial charge is 0.0300 e. The summed E-state index contributed by atoms with van der Waals surface area (Å²) in [5.74, 6) is 0. The molecule has 0 aliphatic rings. The van der Waals surface area contributed by atoms with E-state index in [1.54, 1.807) is 11.8 Å². The third-order valence-electron chi connectivity index (χ3n) is 3.35. The van der Waals surface area contributed by atoms with E-state index in [1.165, 1.54) is 21.6 Å². The van der Waals surface area contributed by atoms with Crippen molar-refractivity contribution in [3.63, 3.8) is 0 Å². The summed E-state index contributed by atoms with van der Waals surface area (Å²) in [6.45, 7) is 5.17. The van der Waals surface area contributed by atoms with Gasteiger partial charge in [-0.05, 0) is 55.0 Å². The predicted octanol–water partition coefficient (Wildman–Crippen LogP) is 3.96. The molecule has 1 atom stereocenters. The fourth-order valence-corrected chi connectivity index (χ4v) is 2.38. The lowest BCUT2D eigenvalue weighted by molar-refractivity contribution is 0.573. The van der Waals surface area contributed by atoms with Gasteiger partial charge in [-0.2, -0.15) is 0 Å². The van der Waals surface area contributed by atoms with Crippen molar-refractivity contribution in [2.24, 2.45) is 0 Å². The molecule has 2 nitrogen and oxygen atoms in total. The van der Waals surface area contributed by atoms with Crippen molar-refractivity contribution >= 4 is 11.8 Å². The van der Waals surface area contributed by atoms with E-state index in [2.05, 4.69) is 60.7 Å². The number of aryl methyl sites for hydroxylation is 1. The lowest BCUT2D eigenvalue weighted by Crippen LogP contribution is -2.18. The molecule has 2 rings (SSSR count). The van der Waals surface area contributed by atoms with Crippen LogP contribution in [0.2, 0.25) is 0 Å². The van der Waals surface area contributed by atoms with Crippen LogP contribution in [0.5, 0.6) is 0 Å². The molecule has 1 heterocycles. The van der Waals surface area contributed by atoms with Crippen LogP contribution in [0.3, 0.4) is 0 Å². The van der Waals surface area contributed by atoms with Crippen molar-refractivity contribution in [2.45, 2.75) is 31.3 Å². The van der Waals surface area contributed by atoms with Gasteiger partial charge in [0.2, 0.25) is 0 Å². The van der Waals surface area contributed by atoms with Gasteiger partial charge in [0, 0.05) is 29.9 Å². The molecule has 0 saturated heterocycles. The monoisotopic (exact) mass is 272 g/mol. The number of nitrogens with zero attached hydrogens (tertiary/aromatic N) is 1. The number of hydrogen-bond acceptors (Lipinski definition) is 3. The first-order chi connectivity index (χ1) is 9.20. The van der Waals surface area contributed by atoms with E-state index < -0.39 is 0 Å². The molecular formula is C16H20N2S. The van der Waals surface area contributed by atoms with Gasteiger partial charge in [-0.1, -0.05) is 12.1 Å². The molecule has 19 heavy (non-hydrogen) atoms. The molecule has 2 aromatic rings. The van der Waals surface area contributed by atoms with Gasteiger partial charge in [-0.15, -0.1) is 11.8 Å². The average molecular weight is 272 g/mol.